The van der Waals surface area contributed by atoms with Crippen LogP contribution in [0.15, 0.2) is 48.5 Å². The molecule has 2 fully saturated rings. The van der Waals surface area contributed by atoms with Crippen molar-refractivity contribution in [3.63, 3.8) is 0 Å². The molecule has 1 saturated heterocycles. The van der Waals surface area contributed by atoms with E-state index in [-0.39, 0.29) is 30.3 Å². The number of aliphatic carboxylic acids is 1. The van der Waals surface area contributed by atoms with Gasteiger partial charge in [-0.2, -0.15) is 0 Å². The summed E-state index contributed by atoms with van der Waals surface area (Å²) in [5.74, 6) is -0.684. The third-order valence-electron chi connectivity index (χ3n) is 7.79. The van der Waals surface area contributed by atoms with E-state index in [4.69, 9.17) is 4.74 Å². The summed E-state index contributed by atoms with van der Waals surface area (Å²) >= 11 is 0. The van der Waals surface area contributed by atoms with Crippen LogP contribution in [0.5, 0.6) is 0 Å². The lowest BCUT2D eigenvalue weighted by atomic mass is 9.80. The Morgan fingerprint density at radius 3 is 2.21 bits per heavy atom. The zero-order valence-corrected chi connectivity index (χ0v) is 19.3. The molecule has 2 atom stereocenters. The van der Waals surface area contributed by atoms with Gasteiger partial charge in [0.15, 0.2) is 0 Å². The maximum atomic E-state index is 12.8. The Balaban J connectivity index is 1.08. The Hall–Kier alpha value is -3.35. The third-order valence-corrected chi connectivity index (χ3v) is 7.79. The van der Waals surface area contributed by atoms with Crippen LogP contribution in [-0.2, 0) is 14.3 Å². The molecule has 178 valence electrons. The molecular weight excluding hydrogens is 432 g/mol. The van der Waals surface area contributed by atoms with Crippen molar-refractivity contribution >= 4 is 18.0 Å². The number of carbonyl (C=O) groups is 3. The number of rotatable bonds is 6. The molecule has 2 aromatic rings. The third kappa shape index (κ3) is 4.15. The maximum absolute atomic E-state index is 12.8. The van der Waals surface area contributed by atoms with Crippen LogP contribution >= 0.6 is 0 Å². The van der Waals surface area contributed by atoms with Crippen LogP contribution in [0.2, 0.25) is 0 Å². The summed E-state index contributed by atoms with van der Waals surface area (Å²) < 4.78 is 5.57. The number of carboxylic acid groups (broad SMARTS) is 1. The standard InChI is InChI=1S/C27H30N2O5/c1-27(25(31)32)10-12-29(13-11-27)24(30)22-14-17(22)15-28-26(33)34-16-23-20-8-4-2-6-18(20)19-7-3-5-9-21(19)23/h2-9,17,22-23H,10-16H2,1H3,(H,28,33)(H,31,32)/t17-,22-/m1/s1. The summed E-state index contributed by atoms with van der Waals surface area (Å²) in [4.78, 5) is 38.3. The van der Waals surface area contributed by atoms with Gasteiger partial charge < -0.3 is 20.1 Å². The number of benzene rings is 2. The van der Waals surface area contributed by atoms with E-state index in [1.54, 1.807) is 11.8 Å². The summed E-state index contributed by atoms with van der Waals surface area (Å²) in [6.07, 6.45) is 1.23. The van der Waals surface area contributed by atoms with E-state index >= 15 is 0 Å². The van der Waals surface area contributed by atoms with Gasteiger partial charge >= 0.3 is 12.1 Å². The number of amides is 2. The molecular formula is C27H30N2O5. The molecule has 0 aromatic heterocycles. The minimum absolute atomic E-state index is 0.0176. The first-order chi connectivity index (χ1) is 16.4. The number of ether oxygens (including phenoxy) is 1. The summed E-state index contributed by atoms with van der Waals surface area (Å²) in [5, 5.41) is 12.2. The van der Waals surface area contributed by atoms with Crippen LogP contribution in [0.4, 0.5) is 4.79 Å². The molecule has 5 rings (SSSR count). The monoisotopic (exact) mass is 462 g/mol. The maximum Gasteiger partial charge on any atom is 0.407 e. The van der Waals surface area contributed by atoms with Gasteiger partial charge in [0.1, 0.15) is 6.61 Å². The van der Waals surface area contributed by atoms with Crippen molar-refractivity contribution in [2.75, 3.05) is 26.2 Å². The van der Waals surface area contributed by atoms with Gasteiger partial charge in [0.25, 0.3) is 0 Å². The Kier molecular flexibility index (Phi) is 5.80. The molecule has 1 saturated carbocycles. The van der Waals surface area contributed by atoms with E-state index < -0.39 is 17.5 Å². The molecule has 2 N–H and O–H groups in total. The molecule has 7 heteroatoms. The number of likely N-dealkylation sites (tertiary alicyclic amines) is 1. The van der Waals surface area contributed by atoms with Gasteiger partial charge in [-0.25, -0.2) is 4.79 Å². The molecule has 7 nitrogen and oxygen atoms in total. The molecule has 0 bridgehead atoms. The fourth-order valence-electron chi connectivity index (χ4n) is 5.31. The highest BCUT2D eigenvalue weighted by molar-refractivity contribution is 5.83. The van der Waals surface area contributed by atoms with Gasteiger partial charge in [-0.15, -0.1) is 0 Å². The van der Waals surface area contributed by atoms with Crippen LogP contribution in [0.1, 0.15) is 43.2 Å². The number of fused-ring (bicyclic) bond motifs is 3. The zero-order valence-electron chi connectivity index (χ0n) is 19.3. The van der Waals surface area contributed by atoms with Crippen LogP contribution < -0.4 is 5.32 Å². The van der Waals surface area contributed by atoms with Crippen molar-refractivity contribution in [1.29, 1.82) is 0 Å². The lowest BCUT2D eigenvalue weighted by Crippen LogP contribution is -2.46. The highest BCUT2D eigenvalue weighted by Crippen LogP contribution is 2.44. The number of carbonyl (C=O) groups excluding carboxylic acids is 2. The van der Waals surface area contributed by atoms with Crippen LogP contribution in [0.25, 0.3) is 11.1 Å². The van der Waals surface area contributed by atoms with Crippen LogP contribution in [-0.4, -0.2) is 54.2 Å². The molecule has 0 spiro atoms. The predicted molar refractivity (Wildman–Crippen MR) is 126 cm³/mol. The van der Waals surface area contributed by atoms with Gasteiger partial charge in [-0.05, 0) is 54.4 Å². The van der Waals surface area contributed by atoms with E-state index in [1.165, 1.54) is 22.3 Å². The average Bonchev–Trinajstić information content (AvgIpc) is 3.56. The van der Waals surface area contributed by atoms with Gasteiger partial charge in [0, 0.05) is 31.5 Å². The van der Waals surface area contributed by atoms with Gasteiger partial charge in [-0.3, -0.25) is 9.59 Å². The Bertz CT molecular complexity index is 1080. The average molecular weight is 463 g/mol. The van der Waals surface area contributed by atoms with Gasteiger partial charge in [0.2, 0.25) is 5.91 Å². The second-order valence-electron chi connectivity index (χ2n) is 10.00. The summed E-state index contributed by atoms with van der Waals surface area (Å²) in [6, 6.07) is 16.4. The van der Waals surface area contributed by atoms with Crippen molar-refractivity contribution in [3.8, 4) is 11.1 Å². The Morgan fingerprint density at radius 2 is 1.62 bits per heavy atom. The molecule has 2 aliphatic carbocycles. The number of carboxylic acids is 1. The first kappa shape index (κ1) is 22.4. The van der Waals surface area contributed by atoms with Crippen molar-refractivity contribution < 1.29 is 24.2 Å². The van der Waals surface area contributed by atoms with E-state index in [2.05, 4.69) is 29.6 Å². The smallest absolute Gasteiger partial charge is 0.407 e. The summed E-state index contributed by atoms with van der Waals surface area (Å²) in [5.41, 5.74) is 3.97. The highest BCUT2D eigenvalue weighted by atomic mass is 16.5. The predicted octanol–water partition coefficient (Wildman–Crippen LogP) is 3.87. The second kappa shape index (κ2) is 8.78. The molecule has 0 unspecified atom stereocenters. The fraction of sp³-hybridized carbons (Fsp3) is 0.444. The number of nitrogens with zero attached hydrogens (tertiary/aromatic N) is 1. The van der Waals surface area contributed by atoms with Crippen LogP contribution in [0, 0.1) is 17.3 Å². The van der Waals surface area contributed by atoms with E-state index in [9.17, 15) is 19.5 Å². The van der Waals surface area contributed by atoms with E-state index in [0.29, 0.717) is 32.5 Å². The topological polar surface area (TPSA) is 95.9 Å². The van der Waals surface area contributed by atoms with Crippen LogP contribution in [0.3, 0.4) is 0 Å². The number of hydrogen-bond acceptors (Lipinski definition) is 4. The Morgan fingerprint density at radius 1 is 1.03 bits per heavy atom. The molecule has 1 aliphatic heterocycles. The molecule has 2 amide bonds. The number of hydrogen-bond donors (Lipinski definition) is 2. The highest BCUT2D eigenvalue weighted by Gasteiger charge is 2.47. The number of piperidine rings is 1. The van der Waals surface area contributed by atoms with E-state index in [1.807, 2.05) is 24.3 Å². The lowest BCUT2D eigenvalue weighted by Gasteiger charge is -2.36. The van der Waals surface area contributed by atoms with E-state index in [0.717, 1.165) is 6.42 Å². The minimum atomic E-state index is -0.795. The normalized spacial score (nSPS) is 22.4. The SMILES string of the molecule is CC1(C(=O)O)CCN(C(=O)[C@@H]2C[C@@H]2CNC(=O)OCC2c3ccccc3-c3ccccc32)CC1. The number of alkyl carbamates (subject to hydrolysis) is 1. The number of nitrogens with one attached hydrogen (secondary N) is 1. The molecule has 0 radical (unpaired) electrons. The second-order valence-corrected chi connectivity index (χ2v) is 10.00. The fourth-order valence-corrected chi connectivity index (χ4v) is 5.31. The molecule has 1 heterocycles. The van der Waals surface area contributed by atoms with Crippen molar-refractivity contribution in [2.45, 2.75) is 32.1 Å². The molecule has 3 aliphatic rings. The lowest BCUT2D eigenvalue weighted by molar-refractivity contribution is -0.153. The van der Waals surface area contributed by atoms with Crippen molar-refractivity contribution in [3.05, 3.63) is 59.7 Å². The first-order valence-electron chi connectivity index (χ1n) is 12.0. The van der Waals surface area contributed by atoms with Crippen molar-refractivity contribution in [2.24, 2.45) is 17.3 Å². The van der Waals surface area contributed by atoms with Gasteiger partial charge in [0.05, 0.1) is 5.41 Å². The first-order valence-corrected chi connectivity index (χ1v) is 12.0. The quantitative estimate of drug-likeness (QED) is 0.679. The molecule has 34 heavy (non-hydrogen) atoms. The largest absolute Gasteiger partial charge is 0.481 e. The summed E-state index contributed by atoms with van der Waals surface area (Å²) in [7, 11) is 0. The van der Waals surface area contributed by atoms with Crippen molar-refractivity contribution in [1.82, 2.24) is 10.2 Å². The molecule has 2 aromatic carbocycles. The minimum Gasteiger partial charge on any atom is -0.481 e. The summed E-state index contributed by atoms with van der Waals surface area (Å²) in [6.45, 7) is 3.38. The Labute approximate surface area is 199 Å². The van der Waals surface area contributed by atoms with Gasteiger partial charge in [-0.1, -0.05) is 48.5 Å². The zero-order chi connectivity index (χ0) is 23.9.